The average molecular weight is 462 g/mol. The smallest absolute Gasteiger partial charge is 0.252 e. The lowest BCUT2D eigenvalue weighted by molar-refractivity contribution is 0.0931. The summed E-state index contributed by atoms with van der Waals surface area (Å²) in [5, 5.41) is 12.3. The van der Waals surface area contributed by atoms with Crippen LogP contribution in [0.2, 0.25) is 0 Å². The van der Waals surface area contributed by atoms with E-state index in [0.29, 0.717) is 31.5 Å². The number of halogens is 2. The molecule has 0 aliphatic carbocycles. The molecule has 7 heteroatoms. The van der Waals surface area contributed by atoms with E-state index in [1.165, 1.54) is 24.3 Å². The Morgan fingerprint density at radius 3 is 2.62 bits per heavy atom. The van der Waals surface area contributed by atoms with Crippen LogP contribution < -0.4 is 5.32 Å². The van der Waals surface area contributed by atoms with Crippen molar-refractivity contribution in [2.45, 2.75) is 25.3 Å². The molecule has 0 bridgehead atoms. The maximum atomic E-state index is 14.9. The highest BCUT2D eigenvalue weighted by atomic mass is 19.1. The van der Waals surface area contributed by atoms with E-state index in [9.17, 15) is 18.7 Å². The fraction of sp³-hybridized carbons (Fsp3) is 0.222. The van der Waals surface area contributed by atoms with Gasteiger partial charge in [-0.25, -0.2) is 8.78 Å². The first kappa shape index (κ1) is 23.4. The number of hydrogen-bond acceptors (Lipinski definition) is 4. The third kappa shape index (κ3) is 5.61. The molecule has 2 heterocycles. The number of carbonyl (C=O) groups is 1. The molecule has 2 N–H and O–H groups in total. The van der Waals surface area contributed by atoms with Gasteiger partial charge in [0.25, 0.3) is 5.91 Å². The van der Waals surface area contributed by atoms with Gasteiger partial charge in [-0.1, -0.05) is 24.3 Å². The van der Waals surface area contributed by atoms with Gasteiger partial charge in [0, 0.05) is 36.5 Å². The summed E-state index contributed by atoms with van der Waals surface area (Å²) in [5.74, 6) is -1.29. The monoisotopic (exact) mass is 461 g/mol. The van der Waals surface area contributed by atoms with Crippen LogP contribution in [0, 0.1) is 11.6 Å². The lowest BCUT2D eigenvalue weighted by Crippen LogP contribution is -2.37. The van der Waals surface area contributed by atoms with Crippen molar-refractivity contribution in [2.24, 2.45) is 4.99 Å². The van der Waals surface area contributed by atoms with Crippen molar-refractivity contribution in [3.8, 4) is 0 Å². The van der Waals surface area contributed by atoms with Crippen LogP contribution in [-0.2, 0) is 6.42 Å². The van der Waals surface area contributed by atoms with Crippen molar-refractivity contribution in [1.82, 2.24) is 10.3 Å². The largest absolute Gasteiger partial charge is 0.396 e. The van der Waals surface area contributed by atoms with Gasteiger partial charge in [-0.15, -0.1) is 0 Å². The number of benzene rings is 2. The summed E-state index contributed by atoms with van der Waals surface area (Å²) in [6, 6.07) is 15.7. The van der Waals surface area contributed by atoms with Gasteiger partial charge in [-0.3, -0.25) is 14.8 Å². The van der Waals surface area contributed by atoms with E-state index in [-0.39, 0.29) is 29.6 Å². The zero-order chi connectivity index (χ0) is 23.9. The highest BCUT2D eigenvalue weighted by Crippen LogP contribution is 2.25. The van der Waals surface area contributed by atoms with E-state index in [0.717, 1.165) is 16.8 Å². The SMILES string of the molecule is O=C(N[C@@H](CCCO)Cc1ccccn1)c1cccc(F)c1C1=NCC(c2ccc(F)cc2)=C1. The van der Waals surface area contributed by atoms with Crippen LogP contribution in [0.25, 0.3) is 5.57 Å². The number of nitrogens with zero attached hydrogens (tertiary/aromatic N) is 2. The van der Waals surface area contributed by atoms with Crippen molar-refractivity contribution in [1.29, 1.82) is 0 Å². The van der Waals surface area contributed by atoms with Crippen molar-refractivity contribution in [3.05, 3.63) is 107 Å². The summed E-state index contributed by atoms with van der Waals surface area (Å²) in [6.45, 7) is 0.322. The second kappa shape index (κ2) is 10.9. The van der Waals surface area contributed by atoms with Crippen LogP contribution in [0.4, 0.5) is 8.78 Å². The number of allylic oxidation sites excluding steroid dienone is 1. The summed E-state index contributed by atoms with van der Waals surface area (Å²) in [4.78, 5) is 22.0. The number of aromatic nitrogens is 1. The normalized spacial score (nSPS) is 13.9. The van der Waals surface area contributed by atoms with Crippen molar-refractivity contribution in [2.75, 3.05) is 13.2 Å². The lowest BCUT2D eigenvalue weighted by Gasteiger charge is -2.19. The van der Waals surface area contributed by atoms with Gasteiger partial charge in [-0.2, -0.15) is 0 Å². The molecule has 0 saturated carbocycles. The first-order chi connectivity index (χ1) is 16.5. The third-order valence-electron chi connectivity index (χ3n) is 5.69. The zero-order valence-corrected chi connectivity index (χ0v) is 18.5. The Morgan fingerprint density at radius 2 is 1.88 bits per heavy atom. The van der Waals surface area contributed by atoms with Crippen molar-refractivity contribution < 1.29 is 18.7 Å². The maximum Gasteiger partial charge on any atom is 0.252 e. The fourth-order valence-corrected chi connectivity index (χ4v) is 3.99. The van der Waals surface area contributed by atoms with Crippen molar-refractivity contribution >= 4 is 17.2 Å². The van der Waals surface area contributed by atoms with Crippen LogP contribution in [-0.4, -0.2) is 40.9 Å². The summed E-state index contributed by atoms with van der Waals surface area (Å²) in [5.41, 5.74) is 3.13. The lowest BCUT2D eigenvalue weighted by atomic mass is 9.98. The number of aliphatic hydroxyl groups excluding tert-OH is 1. The van der Waals surface area contributed by atoms with E-state index >= 15 is 0 Å². The number of nitrogens with one attached hydrogen (secondary N) is 1. The molecule has 0 unspecified atom stereocenters. The van der Waals surface area contributed by atoms with Gasteiger partial charge in [0.2, 0.25) is 0 Å². The molecule has 4 rings (SSSR count). The summed E-state index contributed by atoms with van der Waals surface area (Å²) in [7, 11) is 0. The highest BCUT2D eigenvalue weighted by Gasteiger charge is 2.23. The molecule has 2 aromatic carbocycles. The molecule has 1 aliphatic rings. The number of rotatable bonds is 9. The predicted octanol–water partition coefficient (Wildman–Crippen LogP) is 4.36. The number of aliphatic hydroxyl groups is 1. The van der Waals surface area contributed by atoms with E-state index in [2.05, 4.69) is 15.3 Å². The first-order valence-electron chi connectivity index (χ1n) is 11.2. The molecule has 0 fully saturated rings. The van der Waals surface area contributed by atoms with E-state index in [1.54, 1.807) is 30.5 Å². The predicted molar refractivity (Wildman–Crippen MR) is 128 cm³/mol. The number of hydrogen-bond donors (Lipinski definition) is 2. The molecule has 34 heavy (non-hydrogen) atoms. The summed E-state index contributed by atoms with van der Waals surface area (Å²) in [6.07, 6.45) is 4.99. The van der Waals surface area contributed by atoms with Gasteiger partial charge in [0.1, 0.15) is 11.6 Å². The zero-order valence-electron chi connectivity index (χ0n) is 18.5. The van der Waals surface area contributed by atoms with Gasteiger partial charge < -0.3 is 10.4 Å². The second-order valence-corrected chi connectivity index (χ2v) is 8.10. The van der Waals surface area contributed by atoms with Crippen LogP contribution in [0.1, 0.15) is 40.0 Å². The Bertz CT molecular complexity index is 1210. The van der Waals surface area contributed by atoms with Crippen molar-refractivity contribution in [3.63, 3.8) is 0 Å². The van der Waals surface area contributed by atoms with Crippen LogP contribution in [0.15, 0.2) is 77.9 Å². The molecular formula is C27H25F2N3O2. The van der Waals surface area contributed by atoms with Gasteiger partial charge in [-0.05, 0) is 66.5 Å². The molecule has 3 aromatic rings. The van der Waals surface area contributed by atoms with Crippen LogP contribution in [0.5, 0.6) is 0 Å². The molecule has 5 nitrogen and oxygen atoms in total. The van der Waals surface area contributed by atoms with Gasteiger partial charge in [0.05, 0.1) is 17.8 Å². The molecule has 0 saturated heterocycles. The highest BCUT2D eigenvalue weighted by molar-refractivity contribution is 6.19. The quantitative estimate of drug-likeness (QED) is 0.497. The van der Waals surface area contributed by atoms with E-state index < -0.39 is 11.7 Å². The Hall–Kier alpha value is -3.71. The first-order valence-corrected chi connectivity index (χ1v) is 11.2. The maximum absolute atomic E-state index is 14.9. The molecule has 1 aromatic heterocycles. The number of amides is 1. The minimum atomic E-state index is -0.542. The van der Waals surface area contributed by atoms with E-state index in [1.807, 2.05) is 18.2 Å². The molecule has 1 atom stereocenters. The van der Waals surface area contributed by atoms with Crippen LogP contribution in [0.3, 0.4) is 0 Å². The van der Waals surface area contributed by atoms with Gasteiger partial charge in [0.15, 0.2) is 0 Å². The number of pyridine rings is 1. The Balaban J connectivity index is 1.58. The second-order valence-electron chi connectivity index (χ2n) is 8.10. The number of carbonyl (C=O) groups excluding carboxylic acids is 1. The third-order valence-corrected chi connectivity index (χ3v) is 5.69. The topological polar surface area (TPSA) is 74.6 Å². The Morgan fingerprint density at radius 1 is 1.06 bits per heavy atom. The number of aliphatic imine (C=N–C) groups is 1. The molecule has 1 aliphatic heterocycles. The standard InChI is InChI=1S/C27H25F2N3O2/c28-20-11-9-18(10-12-20)19-15-25(31-17-19)26-23(7-3-8-24(26)29)27(34)32-22(6-4-14-33)16-21-5-1-2-13-30-21/h1-3,5,7-13,15,22,33H,4,6,14,16-17H2,(H,32,34)/t22-/m0/s1. The van der Waals surface area contributed by atoms with E-state index in [4.69, 9.17) is 0 Å². The minimum absolute atomic E-state index is 0.00751. The van der Waals surface area contributed by atoms with Crippen LogP contribution >= 0.6 is 0 Å². The fourth-order valence-electron chi connectivity index (χ4n) is 3.99. The minimum Gasteiger partial charge on any atom is -0.396 e. The molecular weight excluding hydrogens is 436 g/mol. The summed E-state index contributed by atoms with van der Waals surface area (Å²) >= 11 is 0. The average Bonchev–Trinajstić information content (AvgIpc) is 3.33. The Labute approximate surface area is 196 Å². The molecule has 174 valence electrons. The Kier molecular flexibility index (Phi) is 7.54. The molecule has 0 radical (unpaired) electrons. The summed E-state index contributed by atoms with van der Waals surface area (Å²) < 4.78 is 28.2. The molecule has 0 spiro atoms. The molecule has 1 amide bonds. The van der Waals surface area contributed by atoms with Gasteiger partial charge >= 0.3 is 0 Å².